The summed E-state index contributed by atoms with van der Waals surface area (Å²) in [5.41, 5.74) is 5.28. The number of oxime groups is 1. The Kier molecular flexibility index (Phi) is 4.86. The monoisotopic (exact) mass is 263 g/mol. The molecule has 0 radical (unpaired) electrons. The molecular formula is C11H19F2N3O2. The molecule has 0 spiro atoms. The van der Waals surface area contributed by atoms with Crippen LogP contribution in [0.15, 0.2) is 5.16 Å². The first-order chi connectivity index (χ1) is 8.35. The summed E-state index contributed by atoms with van der Waals surface area (Å²) in [5, 5.41) is 11.2. The van der Waals surface area contributed by atoms with Crippen LogP contribution in [0, 0.1) is 5.92 Å². The van der Waals surface area contributed by atoms with Crippen LogP contribution in [0.5, 0.6) is 0 Å². The average Bonchev–Trinajstić information content (AvgIpc) is 2.33. The van der Waals surface area contributed by atoms with E-state index in [1.807, 2.05) is 0 Å². The van der Waals surface area contributed by atoms with Crippen molar-refractivity contribution < 1.29 is 18.8 Å². The van der Waals surface area contributed by atoms with Gasteiger partial charge in [0.25, 0.3) is 0 Å². The molecule has 1 atom stereocenters. The van der Waals surface area contributed by atoms with Crippen LogP contribution in [0.25, 0.3) is 0 Å². The number of amides is 1. The van der Waals surface area contributed by atoms with E-state index in [9.17, 15) is 13.6 Å². The third kappa shape index (κ3) is 4.12. The van der Waals surface area contributed by atoms with E-state index >= 15 is 0 Å². The number of nitrogens with two attached hydrogens (primary N) is 1. The number of halogens is 2. The Morgan fingerprint density at radius 1 is 1.61 bits per heavy atom. The third-order valence-electron chi connectivity index (χ3n) is 3.20. The first-order valence-electron chi connectivity index (χ1n) is 5.95. The highest BCUT2D eigenvalue weighted by Crippen LogP contribution is 2.37. The molecule has 0 aromatic rings. The summed E-state index contributed by atoms with van der Waals surface area (Å²) in [7, 11) is 1.54. The summed E-state index contributed by atoms with van der Waals surface area (Å²) in [5.74, 6) is -3.62. The predicted molar refractivity (Wildman–Crippen MR) is 62.6 cm³/mol. The van der Waals surface area contributed by atoms with E-state index in [4.69, 9.17) is 10.9 Å². The van der Waals surface area contributed by atoms with Crippen molar-refractivity contribution in [3.63, 3.8) is 0 Å². The maximum Gasteiger partial charge on any atom is 0.248 e. The molecular weight excluding hydrogens is 244 g/mol. The number of nitrogens with zero attached hydrogens (tertiary/aromatic N) is 2. The van der Waals surface area contributed by atoms with Crippen LogP contribution in [0.4, 0.5) is 8.78 Å². The van der Waals surface area contributed by atoms with Gasteiger partial charge in [-0.1, -0.05) is 5.16 Å². The van der Waals surface area contributed by atoms with Gasteiger partial charge >= 0.3 is 0 Å². The lowest BCUT2D eigenvalue weighted by Gasteiger charge is -2.30. The molecule has 3 N–H and O–H groups in total. The number of carbonyl (C=O) groups is 1. The van der Waals surface area contributed by atoms with Crippen molar-refractivity contribution in [1.82, 2.24) is 4.90 Å². The van der Waals surface area contributed by atoms with Gasteiger partial charge in [-0.2, -0.15) is 0 Å². The molecule has 5 nitrogen and oxygen atoms in total. The minimum atomic E-state index is -2.73. The molecule has 104 valence electrons. The van der Waals surface area contributed by atoms with Crippen molar-refractivity contribution in [2.24, 2.45) is 16.8 Å². The smallest absolute Gasteiger partial charge is 0.248 e. The lowest BCUT2D eigenvalue weighted by molar-refractivity contribution is -0.141. The maximum atomic E-state index is 13.2. The Morgan fingerprint density at radius 2 is 2.28 bits per heavy atom. The second kappa shape index (κ2) is 5.97. The van der Waals surface area contributed by atoms with Crippen LogP contribution in [-0.2, 0) is 4.79 Å². The molecule has 0 bridgehead atoms. The van der Waals surface area contributed by atoms with Crippen molar-refractivity contribution in [2.45, 2.75) is 38.0 Å². The normalized spacial score (nSPS) is 23.7. The Balaban J connectivity index is 2.48. The Hall–Kier alpha value is -1.40. The van der Waals surface area contributed by atoms with E-state index in [-0.39, 0.29) is 37.6 Å². The van der Waals surface area contributed by atoms with Gasteiger partial charge in [-0.3, -0.25) is 4.79 Å². The minimum Gasteiger partial charge on any atom is -0.409 e. The van der Waals surface area contributed by atoms with Crippen LogP contribution in [0.2, 0.25) is 0 Å². The van der Waals surface area contributed by atoms with Gasteiger partial charge in [0.1, 0.15) is 5.84 Å². The van der Waals surface area contributed by atoms with Crippen molar-refractivity contribution in [1.29, 1.82) is 0 Å². The van der Waals surface area contributed by atoms with Gasteiger partial charge in [0, 0.05) is 38.8 Å². The largest absolute Gasteiger partial charge is 0.409 e. The second-order valence-corrected chi connectivity index (χ2v) is 4.75. The van der Waals surface area contributed by atoms with Crippen LogP contribution in [0.3, 0.4) is 0 Å². The van der Waals surface area contributed by atoms with Gasteiger partial charge in [-0.25, -0.2) is 8.78 Å². The highest BCUT2D eigenvalue weighted by molar-refractivity contribution is 5.82. The fraction of sp³-hybridized carbons (Fsp3) is 0.818. The zero-order chi connectivity index (χ0) is 13.8. The fourth-order valence-corrected chi connectivity index (χ4v) is 2.14. The SMILES string of the molecule is CN(CCC(N)=NO)C(=O)C1CCCC(F)(F)C1. The quantitative estimate of drug-likeness (QED) is 0.348. The molecule has 1 aliphatic carbocycles. The molecule has 0 aromatic carbocycles. The molecule has 0 aliphatic heterocycles. The van der Waals surface area contributed by atoms with E-state index < -0.39 is 11.8 Å². The topological polar surface area (TPSA) is 78.9 Å². The van der Waals surface area contributed by atoms with Gasteiger partial charge in [-0.05, 0) is 12.8 Å². The average molecular weight is 263 g/mol. The number of carbonyl (C=O) groups excluding carboxylic acids is 1. The van der Waals surface area contributed by atoms with Crippen LogP contribution in [-0.4, -0.2) is 41.4 Å². The zero-order valence-electron chi connectivity index (χ0n) is 10.4. The molecule has 1 aliphatic rings. The molecule has 1 unspecified atom stereocenters. The molecule has 1 fully saturated rings. The van der Waals surface area contributed by atoms with Gasteiger partial charge < -0.3 is 15.8 Å². The van der Waals surface area contributed by atoms with Crippen LogP contribution in [0.1, 0.15) is 32.1 Å². The van der Waals surface area contributed by atoms with Crippen LogP contribution >= 0.6 is 0 Å². The van der Waals surface area contributed by atoms with E-state index in [2.05, 4.69) is 5.16 Å². The summed E-state index contributed by atoms with van der Waals surface area (Å²) in [6.45, 7) is 0.261. The van der Waals surface area contributed by atoms with Crippen molar-refractivity contribution in [3.8, 4) is 0 Å². The number of amidine groups is 1. The Labute approximate surface area is 105 Å². The molecule has 1 amide bonds. The lowest BCUT2D eigenvalue weighted by atomic mass is 9.85. The molecule has 7 heteroatoms. The molecule has 1 saturated carbocycles. The first-order valence-corrected chi connectivity index (χ1v) is 5.95. The van der Waals surface area contributed by atoms with E-state index in [0.29, 0.717) is 12.8 Å². The minimum absolute atomic E-state index is 0.0172. The zero-order valence-corrected chi connectivity index (χ0v) is 10.4. The van der Waals surface area contributed by atoms with Gasteiger partial charge in [-0.15, -0.1) is 0 Å². The standard InChI is InChI=1S/C11H19F2N3O2/c1-16(6-4-9(14)15-18)10(17)8-3-2-5-11(12,13)7-8/h8,18H,2-7H2,1H3,(H2,14,15). The van der Waals surface area contributed by atoms with Crippen LogP contribution < -0.4 is 5.73 Å². The van der Waals surface area contributed by atoms with Crippen molar-refractivity contribution in [3.05, 3.63) is 0 Å². The molecule has 0 aromatic heterocycles. The fourth-order valence-electron chi connectivity index (χ4n) is 2.14. The summed E-state index contributed by atoms with van der Waals surface area (Å²) < 4.78 is 26.4. The Bertz CT molecular complexity index is 334. The molecule has 0 saturated heterocycles. The maximum absolute atomic E-state index is 13.2. The number of hydrogen-bond donors (Lipinski definition) is 2. The number of alkyl halides is 2. The van der Waals surface area contributed by atoms with E-state index in [0.717, 1.165) is 0 Å². The predicted octanol–water partition coefficient (Wildman–Crippen LogP) is 1.41. The van der Waals surface area contributed by atoms with Gasteiger partial charge in [0.2, 0.25) is 11.8 Å². The van der Waals surface area contributed by atoms with Gasteiger partial charge in [0.05, 0.1) is 0 Å². The molecule has 0 heterocycles. The lowest BCUT2D eigenvalue weighted by Crippen LogP contribution is -2.39. The van der Waals surface area contributed by atoms with Crippen molar-refractivity contribution >= 4 is 11.7 Å². The van der Waals surface area contributed by atoms with Gasteiger partial charge in [0.15, 0.2) is 0 Å². The summed E-state index contributed by atoms with van der Waals surface area (Å²) in [6.07, 6.45) is 0.589. The highest BCUT2D eigenvalue weighted by atomic mass is 19.3. The number of hydrogen-bond acceptors (Lipinski definition) is 3. The highest BCUT2D eigenvalue weighted by Gasteiger charge is 2.39. The summed E-state index contributed by atoms with van der Waals surface area (Å²) in [6, 6.07) is 0. The third-order valence-corrected chi connectivity index (χ3v) is 3.20. The second-order valence-electron chi connectivity index (χ2n) is 4.75. The summed E-state index contributed by atoms with van der Waals surface area (Å²) in [4.78, 5) is 13.3. The molecule has 18 heavy (non-hydrogen) atoms. The number of rotatable bonds is 4. The summed E-state index contributed by atoms with van der Waals surface area (Å²) >= 11 is 0. The van der Waals surface area contributed by atoms with Crippen molar-refractivity contribution in [2.75, 3.05) is 13.6 Å². The Morgan fingerprint density at radius 3 is 2.83 bits per heavy atom. The molecule has 1 rings (SSSR count). The first kappa shape index (κ1) is 14.7. The van der Waals surface area contributed by atoms with E-state index in [1.54, 1.807) is 7.05 Å². The van der Waals surface area contributed by atoms with E-state index in [1.165, 1.54) is 4.90 Å².